The molecule has 1 N–H and O–H groups in total. The van der Waals surface area contributed by atoms with E-state index in [1.807, 2.05) is 30.3 Å². The Kier molecular flexibility index (Phi) is 3.73. The summed E-state index contributed by atoms with van der Waals surface area (Å²) in [6.45, 7) is 1.37. The fourth-order valence-corrected chi connectivity index (χ4v) is 4.57. The van der Waals surface area contributed by atoms with Crippen molar-refractivity contribution in [2.75, 3.05) is 29.6 Å². The van der Waals surface area contributed by atoms with Gasteiger partial charge in [0.15, 0.2) is 5.41 Å². The number of benzene rings is 2. The molecule has 2 saturated heterocycles. The van der Waals surface area contributed by atoms with Crippen molar-refractivity contribution >= 4 is 29.2 Å². The average molecular weight is 377 g/mol. The Morgan fingerprint density at radius 1 is 1.00 bits per heavy atom. The molecule has 0 saturated carbocycles. The van der Waals surface area contributed by atoms with Gasteiger partial charge in [-0.25, -0.2) is 9.69 Å². The minimum atomic E-state index is -1.42. The van der Waals surface area contributed by atoms with Crippen LogP contribution < -0.4 is 15.1 Å². The van der Waals surface area contributed by atoms with Gasteiger partial charge in [-0.05, 0) is 30.2 Å². The van der Waals surface area contributed by atoms with Crippen molar-refractivity contribution < 1.29 is 19.1 Å². The Morgan fingerprint density at radius 3 is 2.57 bits per heavy atom. The van der Waals surface area contributed by atoms with Gasteiger partial charge in [-0.15, -0.1) is 0 Å². The highest BCUT2D eigenvalue weighted by molar-refractivity contribution is 6.30. The minimum absolute atomic E-state index is 0.231. The third-order valence-electron chi connectivity index (χ3n) is 5.90. The van der Waals surface area contributed by atoms with Crippen LogP contribution in [0.2, 0.25) is 0 Å². The molecule has 3 aliphatic heterocycles. The maximum absolute atomic E-state index is 13.8. The van der Waals surface area contributed by atoms with Gasteiger partial charge in [-0.3, -0.25) is 14.9 Å². The summed E-state index contributed by atoms with van der Waals surface area (Å²) >= 11 is 0. The Labute approximate surface area is 161 Å². The van der Waals surface area contributed by atoms with Gasteiger partial charge in [0, 0.05) is 12.2 Å². The molecule has 0 aliphatic carbocycles. The molecule has 0 aromatic heterocycles. The van der Waals surface area contributed by atoms with Gasteiger partial charge in [-0.2, -0.15) is 0 Å². The Morgan fingerprint density at radius 2 is 1.75 bits per heavy atom. The van der Waals surface area contributed by atoms with Crippen LogP contribution in [0.3, 0.4) is 0 Å². The van der Waals surface area contributed by atoms with Crippen LogP contribution in [0.1, 0.15) is 5.56 Å². The predicted molar refractivity (Wildman–Crippen MR) is 102 cm³/mol. The molecule has 5 rings (SSSR count). The molecule has 3 heterocycles. The molecule has 2 aromatic carbocycles. The van der Waals surface area contributed by atoms with Crippen LogP contribution >= 0.6 is 0 Å². The number of anilines is 2. The number of hydrogen-bond donors (Lipinski definition) is 1. The minimum Gasteiger partial charge on any atom is -0.377 e. The number of imide groups is 2. The van der Waals surface area contributed by atoms with Crippen LogP contribution in [0, 0.1) is 5.41 Å². The molecule has 4 amide bonds. The first-order valence-electron chi connectivity index (χ1n) is 9.30. The van der Waals surface area contributed by atoms with Crippen LogP contribution in [0.15, 0.2) is 54.6 Å². The number of ether oxygens (including phenoxy) is 1. The Balaban J connectivity index is 1.67. The number of morpholine rings is 1. The second-order valence-corrected chi connectivity index (χ2v) is 7.30. The van der Waals surface area contributed by atoms with E-state index >= 15 is 0 Å². The topological polar surface area (TPSA) is 79.0 Å². The number of hydrogen-bond acceptors (Lipinski definition) is 5. The summed E-state index contributed by atoms with van der Waals surface area (Å²) in [7, 11) is 0. The summed E-state index contributed by atoms with van der Waals surface area (Å²) in [5.41, 5.74) is 0.967. The SMILES string of the molecule is O=C1NC(=O)[C@]2(Cc3ccccc3N3CCOC[C@@H]32)C(=O)N1c1ccccc1. The number of rotatable bonds is 1. The number of nitrogens with zero attached hydrogens (tertiary/aromatic N) is 2. The lowest BCUT2D eigenvalue weighted by Gasteiger charge is -2.53. The number of amides is 4. The molecule has 3 aliphatic rings. The summed E-state index contributed by atoms with van der Waals surface area (Å²) in [5, 5.41) is 2.43. The molecule has 7 nitrogen and oxygen atoms in total. The van der Waals surface area contributed by atoms with Crippen molar-refractivity contribution in [1.82, 2.24) is 5.32 Å². The van der Waals surface area contributed by atoms with E-state index < -0.39 is 29.3 Å². The van der Waals surface area contributed by atoms with E-state index in [-0.39, 0.29) is 13.0 Å². The normalized spacial score (nSPS) is 26.7. The van der Waals surface area contributed by atoms with Crippen LogP contribution in [0.4, 0.5) is 16.2 Å². The Hall–Kier alpha value is -3.19. The molecular formula is C21H19N3O4. The van der Waals surface area contributed by atoms with Crippen LogP contribution in [0.5, 0.6) is 0 Å². The molecule has 2 fully saturated rings. The number of para-hydroxylation sites is 2. The average Bonchev–Trinajstić information content (AvgIpc) is 2.73. The molecule has 2 atom stereocenters. The third kappa shape index (κ3) is 2.23. The summed E-state index contributed by atoms with van der Waals surface area (Å²) in [5.74, 6) is -1.05. The molecule has 28 heavy (non-hydrogen) atoms. The van der Waals surface area contributed by atoms with E-state index in [1.165, 1.54) is 0 Å². The lowest BCUT2D eigenvalue weighted by atomic mass is 9.68. The lowest BCUT2D eigenvalue weighted by Crippen LogP contribution is -2.74. The lowest BCUT2D eigenvalue weighted by molar-refractivity contribution is -0.146. The van der Waals surface area contributed by atoms with Crippen LogP contribution in [-0.4, -0.2) is 43.6 Å². The van der Waals surface area contributed by atoms with Gasteiger partial charge in [0.25, 0.3) is 5.91 Å². The van der Waals surface area contributed by atoms with E-state index in [2.05, 4.69) is 10.2 Å². The zero-order valence-electron chi connectivity index (χ0n) is 15.1. The molecule has 0 unspecified atom stereocenters. The first kappa shape index (κ1) is 16.9. The van der Waals surface area contributed by atoms with Crippen molar-refractivity contribution in [2.24, 2.45) is 5.41 Å². The standard InChI is InChI=1S/C21H19N3O4/c25-18-21(19(26)24(20(27)22-18)15-7-2-1-3-8-15)12-14-6-4-5-9-16(14)23-10-11-28-13-17(21)23/h1-9,17H,10-13H2,(H,22,25,27)/t17-,21-/m1/s1. The zero-order chi connectivity index (χ0) is 19.3. The fraction of sp³-hybridized carbons (Fsp3) is 0.286. The van der Waals surface area contributed by atoms with Crippen molar-refractivity contribution in [1.29, 1.82) is 0 Å². The number of nitrogens with one attached hydrogen (secondary N) is 1. The number of barbiturate groups is 1. The van der Waals surface area contributed by atoms with Crippen molar-refractivity contribution in [3.63, 3.8) is 0 Å². The molecule has 142 valence electrons. The summed E-state index contributed by atoms with van der Waals surface area (Å²) < 4.78 is 5.67. The second-order valence-electron chi connectivity index (χ2n) is 7.30. The number of carbonyl (C=O) groups excluding carboxylic acids is 3. The first-order chi connectivity index (χ1) is 13.6. The third-order valence-corrected chi connectivity index (χ3v) is 5.90. The summed E-state index contributed by atoms with van der Waals surface area (Å²) in [4.78, 5) is 42.7. The van der Waals surface area contributed by atoms with E-state index in [1.54, 1.807) is 24.3 Å². The van der Waals surface area contributed by atoms with Crippen molar-refractivity contribution in [2.45, 2.75) is 12.5 Å². The zero-order valence-corrected chi connectivity index (χ0v) is 15.1. The monoisotopic (exact) mass is 377 g/mol. The van der Waals surface area contributed by atoms with E-state index in [9.17, 15) is 14.4 Å². The highest BCUT2D eigenvalue weighted by Gasteiger charge is 2.62. The largest absolute Gasteiger partial charge is 0.377 e. The summed E-state index contributed by atoms with van der Waals surface area (Å²) in [6.07, 6.45) is 0.231. The maximum atomic E-state index is 13.8. The molecule has 7 heteroatoms. The highest BCUT2D eigenvalue weighted by Crippen LogP contribution is 2.45. The van der Waals surface area contributed by atoms with Gasteiger partial charge in [0.2, 0.25) is 5.91 Å². The van der Waals surface area contributed by atoms with Crippen LogP contribution in [-0.2, 0) is 20.7 Å². The Bertz CT molecular complexity index is 977. The summed E-state index contributed by atoms with van der Waals surface area (Å²) in [6, 6.07) is 15.3. The van der Waals surface area contributed by atoms with Gasteiger partial charge in [-0.1, -0.05) is 36.4 Å². The van der Waals surface area contributed by atoms with Gasteiger partial charge < -0.3 is 9.64 Å². The fourth-order valence-electron chi connectivity index (χ4n) is 4.57. The van der Waals surface area contributed by atoms with Crippen molar-refractivity contribution in [3.05, 3.63) is 60.2 Å². The highest BCUT2D eigenvalue weighted by atomic mass is 16.5. The smallest absolute Gasteiger partial charge is 0.335 e. The van der Waals surface area contributed by atoms with Crippen molar-refractivity contribution in [3.8, 4) is 0 Å². The molecular weight excluding hydrogens is 358 g/mol. The first-order valence-corrected chi connectivity index (χ1v) is 9.30. The second kappa shape index (κ2) is 6.17. The number of urea groups is 1. The molecule has 0 bridgehead atoms. The van der Waals surface area contributed by atoms with E-state index in [0.717, 1.165) is 16.2 Å². The van der Waals surface area contributed by atoms with Gasteiger partial charge >= 0.3 is 6.03 Å². The van der Waals surface area contributed by atoms with E-state index in [0.29, 0.717) is 18.8 Å². The van der Waals surface area contributed by atoms with Crippen LogP contribution in [0.25, 0.3) is 0 Å². The molecule has 1 spiro atoms. The number of fused-ring (bicyclic) bond motifs is 4. The van der Waals surface area contributed by atoms with E-state index in [4.69, 9.17) is 4.74 Å². The maximum Gasteiger partial charge on any atom is 0.335 e. The quantitative estimate of drug-likeness (QED) is 0.766. The van der Waals surface area contributed by atoms with Gasteiger partial charge in [0.1, 0.15) is 0 Å². The molecule has 2 aromatic rings. The predicted octanol–water partition coefficient (Wildman–Crippen LogP) is 1.72. The number of carbonyl (C=O) groups is 3. The molecule has 0 radical (unpaired) electrons. The van der Waals surface area contributed by atoms with Gasteiger partial charge in [0.05, 0.1) is 24.9 Å².